The summed E-state index contributed by atoms with van der Waals surface area (Å²) in [6.07, 6.45) is 0. The van der Waals surface area contributed by atoms with Gasteiger partial charge >= 0.3 is 0 Å². The number of benzene rings is 1. The Balaban J connectivity index is 2.65. The van der Waals surface area contributed by atoms with E-state index in [1.165, 1.54) is 17.3 Å². The van der Waals surface area contributed by atoms with E-state index in [-0.39, 0.29) is 0 Å². The van der Waals surface area contributed by atoms with E-state index < -0.39 is 9.84 Å². The molecule has 0 aromatic heterocycles. The van der Waals surface area contributed by atoms with Crippen LogP contribution in [0.3, 0.4) is 0 Å². The minimum Gasteiger partial charge on any atom is -0.220 e. The molecule has 15 heavy (non-hydrogen) atoms. The van der Waals surface area contributed by atoms with Crippen molar-refractivity contribution in [3.05, 3.63) is 52.6 Å². The Morgan fingerprint density at radius 2 is 1.87 bits per heavy atom. The fraction of sp³-hybridized carbons (Fsp3) is 0.0909. The molecule has 2 nitrogen and oxygen atoms in total. The van der Waals surface area contributed by atoms with Gasteiger partial charge in [0.25, 0.3) is 0 Å². The van der Waals surface area contributed by atoms with Crippen LogP contribution in [0.15, 0.2) is 52.0 Å². The molecular formula is C11H12O2S2. The standard InChI is InChI=1S/C11H12O2S2/c1-3-15(12,13)9-8-14-11-6-4-10(2)5-7-11/h3-9H,1H2,2H3. The molecule has 0 aliphatic carbocycles. The van der Waals surface area contributed by atoms with Crippen molar-refractivity contribution in [3.8, 4) is 0 Å². The SMILES string of the molecule is C=CS(=O)(=O)C=CSc1ccc(C)cc1. The summed E-state index contributed by atoms with van der Waals surface area (Å²) in [5.41, 5.74) is 1.18. The first-order chi connectivity index (χ1) is 7.03. The molecule has 0 atom stereocenters. The lowest BCUT2D eigenvalue weighted by Crippen LogP contribution is -1.84. The first kappa shape index (κ1) is 12.1. The number of hydrogen-bond acceptors (Lipinski definition) is 3. The summed E-state index contributed by atoms with van der Waals surface area (Å²) < 4.78 is 22.1. The average molecular weight is 240 g/mol. The second-order valence-corrected chi connectivity index (χ2v) is 5.72. The molecule has 0 amide bonds. The van der Waals surface area contributed by atoms with Crippen LogP contribution in [0.1, 0.15) is 5.56 Å². The molecule has 0 spiro atoms. The predicted molar refractivity (Wildman–Crippen MR) is 65.3 cm³/mol. The summed E-state index contributed by atoms with van der Waals surface area (Å²) in [4.78, 5) is 1.01. The van der Waals surface area contributed by atoms with E-state index in [0.29, 0.717) is 0 Å². The van der Waals surface area contributed by atoms with Crippen molar-refractivity contribution in [3.63, 3.8) is 0 Å². The topological polar surface area (TPSA) is 34.1 Å². The van der Waals surface area contributed by atoms with Crippen molar-refractivity contribution >= 4 is 21.6 Å². The van der Waals surface area contributed by atoms with E-state index >= 15 is 0 Å². The maximum Gasteiger partial charge on any atom is 0.192 e. The number of sulfone groups is 1. The van der Waals surface area contributed by atoms with Crippen LogP contribution in [-0.4, -0.2) is 8.42 Å². The molecule has 0 heterocycles. The molecule has 0 saturated heterocycles. The van der Waals surface area contributed by atoms with Crippen molar-refractivity contribution in [1.82, 2.24) is 0 Å². The van der Waals surface area contributed by atoms with Gasteiger partial charge in [-0.15, -0.1) is 0 Å². The van der Waals surface area contributed by atoms with Crippen molar-refractivity contribution in [1.29, 1.82) is 0 Å². The van der Waals surface area contributed by atoms with Gasteiger partial charge in [0.15, 0.2) is 9.84 Å². The van der Waals surface area contributed by atoms with Crippen molar-refractivity contribution in [2.24, 2.45) is 0 Å². The number of hydrogen-bond donors (Lipinski definition) is 0. The van der Waals surface area contributed by atoms with Gasteiger partial charge in [0, 0.05) is 15.7 Å². The zero-order valence-corrected chi connectivity index (χ0v) is 10.0. The molecule has 1 aromatic rings. The third kappa shape index (κ3) is 4.36. The van der Waals surface area contributed by atoms with E-state index in [1.807, 2.05) is 31.2 Å². The lowest BCUT2D eigenvalue weighted by molar-refractivity contribution is 0.613. The zero-order valence-electron chi connectivity index (χ0n) is 8.38. The van der Waals surface area contributed by atoms with Crippen LogP contribution in [0.5, 0.6) is 0 Å². The third-order valence-electron chi connectivity index (χ3n) is 1.70. The van der Waals surface area contributed by atoms with Crippen LogP contribution in [0, 0.1) is 6.92 Å². The quantitative estimate of drug-likeness (QED) is 0.758. The maximum absolute atomic E-state index is 11.0. The van der Waals surface area contributed by atoms with E-state index in [4.69, 9.17) is 0 Å². The lowest BCUT2D eigenvalue weighted by atomic mass is 10.2. The molecule has 0 unspecified atom stereocenters. The summed E-state index contributed by atoms with van der Waals surface area (Å²) in [6, 6.07) is 7.87. The van der Waals surface area contributed by atoms with Gasteiger partial charge in [-0.25, -0.2) is 8.42 Å². The van der Waals surface area contributed by atoms with E-state index in [0.717, 1.165) is 15.7 Å². The van der Waals surface area contributed by atoms with Gasteiger partial charge < -0.3 is 0 Å². The highest BCUT2D eigenvalue weighted by molar-refractivity contribution is 8.03. The second kappa shape index (κ2) is 5.19. The van der Waals surface area contributed by atoms with E-state index in [1.54, 1.807) is 5.41 Å². The lowest BCUT2D eigenvalue weighted by Gasteiger charge is -1.96. The van der Waals surface area contributed by atoms with Crippen LogP contribution in [0.4, 0.5) is 0 Å². The van der Waals surface area contributed by atoms with Crippen LogP contribution in [-0.2, 0) is 9.84 Å². The molecule has 0 N–H and O–H groups in total. The largest absolute Gasteiger partial charge is 0.220 e. The fourth-order valence-corrected chi connectivity index (χ4v) is 2.26. The summed E-state index contributed by atoms with van der Waals surface area (Å²) >= 11 is 1.36. The number of aryl methyl sites for hydroxylation is 1. The normalized spacial score (nSPS) is 11.8. The van der Waals surface area contributed by atoms with Gasteiger partial charge in [-0.3, -0.25) is 0 Å². The monoisotopic (exact) mass is 240 g/mol. The number of rotatable bonds is 4. The molecule has 0 aliphatic heterocycles. The Bertz CT molecular complexity index is 456. The molecule has 0 radical (unpaired) electrons. The average Bonchev–Trinajstić information content (AvgIpc) is 2.21. The van der Waals surface area contributed by atoms with Gasteiger partial charge in [0.2, 0.25) is 0 Å². The summed E-state index contributed by atoms with van der Waals surface area (Å²) in [6.45, 7) is 5.23. The highest BCUT2D eigenvalue weighted by Gasteiger charge is 1.96. The van der Waals surface area contributed by atoms with Crippen LogP contribution in [0.2, 0.25) is 0 Å². The van der Waals surface area contributed by atoms with Gasteiger partial charge in [-0.1, -0.05) is 36.0 Å². The Kier molecular flexibility index (Phi) is 4.17. The summed E-state index contributed by atoms with van der Waals surface area (Å²) in [7, 11) is -3.24. The molecule has 0 saturated carbocycles. The first-order valence-corrected chi connectivity index (χ1v) is 6.80. The van der Waals surface area contributed by atoms with E-state index in [2.05, 4.69) is 6.58 Å². The minimum atomic E-state index is -3.24. The Labute approximate surface area is 94.6 Å². The molecular weight excluding hydrogens is 228 g/mol. The summed E-state index contributed by atoms with van der Waals surface area (Å²) in [5, 5.41) is 3.62. The fourth-order valence-electron chi connectivity index (χ4n) is 0.856. The molecule has 0 fully saturated rings. The van der Waals surface area contributed by atoms with Crippen LogP contribution in [0.25, 0.3) is 0 Å². The smallest absolute Gasteiger partial charge is 0.192 e. The Morgan fingerprint density at radius 1 is 1.27 bits per heavy atom. The Hall–Kier alpha value is -1.00. The predicted octanol–water partition coefficient (Wildman–Crippen LogP) is 3.12. The molecule has 1 aromatic carbocycles. The number of thioether (sulfide) groups is 1. The highest BCUT2D eigenvalue weighted by Crippen LogP contribution is 2.19. The third-order valence-corrected chi connectivity index (χ3v) is 3.67. The van der Waals surface area contributed by atoms with Crippen molar-refractivity contribution in [2.75, 3.05) is 0 Å². The zero-order chi connectivity index (χ0) is 11.3. The van der Waals surface area contributed by atoms with Gasteiger partial charge in [-0.2, -0.15) is 0 Å². The van der Waals surface area contributed by atoms with Gasteiger partial charge in [0.1, 0.15) is 0 Å². The second-order valence-electron chi connectivity index (χ2n) is 2.96. The molecule has 4 heteroatoms. The molecule has 1 rings (SSSR count). The van der Waals surface area contributed by atoms with Crippen LogP contribution >= 0.6 is 11.8 Å². The van der Waals surface area contributed by atoms with Crippen LogP contribution < -0.4 is 0 Å². The summed E-state index contributed by atoms with van der Waals surface area (Å²) in [5.74, 6) is 0. The first-order valence-electron chi connectivity index (χ1n) is 4.31. The Morgan fingerprint density at radius 3 is 2.40 bits per heavy atom. The van der Waals surface area contributed by atoms with Gasteiger partial charge in [-0.05, 0) is 24.5 Å². The molecule has 80 valence electrons. The van der Waals surface area contributed by atoms with Crippen molar-refractivity contribution < 1.29 is 8.42 Å². The van der Waals surface area contributed by atoms with Gasteiger partial charge in [0.05, 0.1) is 0 Å². The maximum atomic E-state index is 11.0. The highest BCUT2D eigenvalue weighted by atomic mass is 32.2. The van der Waals surface area contributed by atoms with Crippen molar-refractivity contribution in [2.45, 2.75) is 11.8 Å². The molecule has 0 aliphatic rings. The van der Waals surface area contributed by atoms with E-state index in [9.17, 15) is 8.42 Å². The minimum absolute atomic E-state index is 0.930. The molecule has 0 bridgehead atoms.